The molecule has 0 aliphatic rings. The molecule has 0 fully saturated rings. The molecule has 5 aromatic rings. The van der Waals surface area contributed by atoms with E-state index in [1.807, 2.05) is 22.9 Å². The molecule has 2 aromatic carbocycles. The van der Waals surface area contributed by atoms with Crippen LogP contribution in [-0.4, -0.2) is 36.0 Å². The highest BCUT2D eigenvalue weighted by molar-refractivity contribution is 5.96. The third-order valence-corrected chi connectivity index (χ3v) is 5.21. The lowest BCUT2D eigenvalue weighted by Gasteiger charge is -2.13. The van der Waals surface area contributed by atoms with Crippen molar-refractivity contribution in [1.29, 1.82) is 5.26 Å². The minimum Gasteiger partial charge on any atom is -0.353 e. The number of H-pyrrole nitrogens is 2. The van der Waals surface area contributed by atoms with Crippen LogP contribution >= 0.6 is 0 Å². The molecule has 0 aliphatic carbocycles. The number of rotatable bonds is 6. The second-order valence-corrected chi connectivity index (χ2v) is 7.45. The molecule has 8 nitrogen and oxygen atoms in total. The molecular formula is C22H20N8. The number of hydrogen-bond acceptors (Lipinski definition) is 5. The molecule has 0 spiro atoms. The number of aromatic amines is 2. The van der Waals surface area contributed by atoms with Crippen LogP contribution in [0.3, 0.4) is 0 Å². The number of fused-ring (bicyclic) bond motifs is 2. The van der Waals surface area contributed by atoms with Gasteiger partial charge in [-0.05, 0) is 48.9 Å². The summed E-state index contributed by atoms with van der Waals surface area (Å²) in [6.07, 6.45) is 3.28. The molecule has 1 atom stereocenters. The Hall–Kier alpha value is -3.96. The van der Waals surface area contributed by atoms with Gasteiger partial charge in [-0.1, -0.05) is 6.07 Å². The Labute approximate surface area is 172 Å². The number of nitrogens with one attached hydrogen (secondary N) is 3. The number of benzene rings is 2. The summed E-state index contributed by atoms with van der Waals surface area (Å²) in [5.74, 6) is 0. The Morgan fingerprint density at radius 2 is 2.10 bits per heavy atom. The number of aromatic nitrogens is 6. The van der Waals surface area contributed by atoms with E-state index in [2.05, 4.69) is 67.8 Å². The first kappa shape index (κ1) is 18.1. The van der Waals surface area contributed by atoms with Gasteiger partial charge in [0.15, 0.2) is 0 Å². The van der Waals surface area contributed by atoms with Crippen LogP contribution in [-0.2, 0) is 13.1 Å². The highest BCUT2D eigenvalue weighted by Gasteiger charge is 2.12. The summed E-state index contributed by atoms with van der Waals surface area (Å²) in [4.78, 5) is 7.43. The van der Waals surface area contributed by atoms with E-state index in [1.54, 1.807) is 12.7 Å². The lowest BCUT2D eigenvalue weighted by Crippen LogP contribution is -2.30. The first-order valence-electron chi connectivity index (χ1n) is 9.75. The highest BCUT2D eigenvalue weighted by atomic mass is 15.3. The zero-order valence-corrected chi connectivity index (χ0v) is 16.4. The fourth-order valence-corrected chi connectivity index (χ4v) is 3.68. The minimum absolute atomic E-state index is 0.276. The van der Waals surface area contributed by atoms with E-state index in [0.29, 0.717) is 5.56 Å². The van der Waals surface area contributed by atoms with E-state index in [4.69, 9.17) is 5.26 Å². The Morgan fingerprint density at radius 3 is 2.93 bits per heavy atom. The summed E-state index contributed by atoms with van der Waals surface area (Å²) in [6.45, 7) is 3.68. The minimum atomic E-state index is 0.276. The Morgan fingerprint density at radius 1 is 1.17 bits per heavy atom. The molecule has 3 N–H and O–H groups in total. The zero-order chi connectivity index (χ0) is 20.5. The van der Waals surface area contributed by atoms with E-state index in [-0.39, 0.29) is 6.04 Å². The fraction of sp³-hybridized carbons (Fsp3) is 0.182. The van der Waals surface area contributed by atoms with Crippen molar-refractivity contribution in [2.24, 2.45) is 0 Å². The largest absolute Gasteiger partial charge is 0.353 e. The van der Waals surface area contributed by atoms with Gasteiger partial charge in [0.25, 0.3) is 0 Å². The maximum atomic E-state index is 9.08. The maximum Gasteiger partial charge on any atom is 0.137 e. The van der Waals surface area contributed by atoms with E-state index < -0.39 is 0 Å². The molecule has 0 radical (unpaired) electrons. The Kier molecular flexibility index (Phi) is 4.50. The molecule has 0 aliphatic heterocycles. The average molecular weight is 396 g/mol. The maximum absolute atomic E-state index is 9.08. The smallest absolute Gasteiger partial charge is 0.137 e. The van der Waals surface area contributed by atoms with Crippen LogP contribution in [0.4, 0.5) is 0 Å². The van der Waals surface area contributed by atoms with Gasteiger partial charge in [-0.15, -0.1) is 0 Å². The summed E-state index contributed by atoms with van der Waals surface area (Å²) < 4.78 is 1.83. The van der Waals surface area contributed by atoms with Crippen LogP contribution in [0, 0.1) is 11.3 Å². The zero-order valence-electron chi connectivity index (χ0n) is 16.4. The molecule has 1 unspecified atom stereocenters. The lowest BCUT2D eigenvalue weighted by molar-refractivity contribution is 0.450. The monoisotopic (exact) mass is 396 g/mol. The SMILES string of the molecule is CC(Cn1cncn1)NCc1ccc2[nH]c(-c3n[nH]c4cc(C#N)ccc34)cc2c1. The lowest BCUT2D eigenvalue weighted by atomic mass is 10.1. The third kappa shape index (κ3) is 3.43. The average Bonchev–Trinajstić information content (AvgIpc) is 3.50. The highest BCUT2D eigenvalue weighted by Crippen LogP contribution is 2.29. The van der Waals surface area contributed by atoms with Gasteiger partial charge in [0.1, 0.15) is 18.3 Å². The molecule has 0 amide bonds. The summed E-state index contributed by atoms with van der Waals surface area (Å²) >= 11 is 0. The van der Waals surface area contributed by atoms with Crippen molar-refractivity contribution in [3.63, 3.8) is 0 Å². The van der Waals surface area contributed by atoms with Gasteiger partial charge in [-0.25, -0.2) is 4.98 Å². The standard InChI is InChI=1S/C22H20N8/c1-14(11-30-13-24-12-26-30)25-10-16-3-5-19-17(6-16)8-21(27-19)22-18-4-2-15(9-23)7-20(18)28-29-22/h2-8,12-14,25,27H,10-11H2,1H3,(H,28,29). The second kappa shape index (κ2) is 7.46. The first-order valence-corrected chi connectivity index (χ1v) is 9.75. The van der Waals surface area contributed by atoms with Crippen molar-refractivity contribution in [2.75, 3.05) is 0 Å². The molecule has 5 rings (SSSR count). The Bertz CT molecular complexity index is 1350. The molecule has 0 saturated carbocycles. The molecule has 3 aromatic heterocycles. The van der Waals surface area contributed by atoms with Crippen molar-refractivity contribution >= 4 is 21.8 Å². The molecule has 148 valence electrons. The third-order valence-electron chi connectivity index (χ3n) is 5.21. The van der Waals surface area contributed by atoms with E-state index in [1.165, 1.54) is 5.56 Å². The molecule has 3 heterocycles. The molecular weight excluding hydrogens is 376 g/mol. The number of nitriles is 1. The van der Waals surface area contributed by atoms with Crippen LogP contribution in [0.15, 0.2) is 55.1 Å². The van der Waals surface area contributed by atoms with Gasteiger partial charge in [-0.2, -0.15) is 15.5 Å². The van der Waals surface area contributed by atoms with Gasteiger partial charge < -0.3 is 10.3 Å². The molecule has 8 heteroatoms. The van der Waals surface area contributed by atoms with Crippen LogP contribution in [0.5, 0.6) is 0 Å². The second-order valence-electron chi connectivity index (χ2n) is 7.45. The number of hydrogen-bond donors (Lipinski definition) is 3. The Balaban J connectivity index is 1.36. The van der Waals surface area contributed by atoms with Crippen molar-refractivity contribution in [1.82, 2.24) is 35.3 Å². The van der Waals surface area contributed by atoms with Crippen LogP contribution in [0.1, 0.15) is 18.1 Å². The van der Waals surface area contributed by atoms with E-state index in [0.717, 1.165) is 46.3 Å². The van der Waals surface area contributed by atoms with Gasteiger partial charge in [-0.3, -0.25) is 9.78 Å². The van der Waals surface area contributed by atoms with Crippen molar-refractivity contribution in [3.05, 3.63) is 66.2 Å². The van der Waals surface area contributed by atoms with Gasteiger partial charge >= 0.3 is 0 Å². The first-order chi connectivity index (χ1) is 14.7. The van der Waals surface area contributed by atoms with Crippen molar-refractivity contribution < 1.29 is 0 Å². The topological polar surface area (TPSA) is 111 Å². The van der Waals surface area contributed by atoms with Gasteiger partial charge in [0, 0.05) is 28.9 Å². The number of nitrogens with zero attached hydrogens (tertiary/aromatic N) is 5. The normalized spacial score (nSPS) is 12.4. The van der Waals surface area contributed by atoms with E-state index >= 15 is 0 Å². The summed E-state index contributed by atoms with van der Waals surface area (Å²) in [7, 11) is 0. The van der Waals surface area contributed by atoms with Crippen LogP contribution in [0.25, 0.3) is 33.2 Å². The van der Waals surface area contributed by atoms with Gasteiger partial charge in [0.2, 0.25) is 0 Å². The summed E-state index contributed by atoms with van der Waals surface area (Å²) in [6, 6.07) is 16.5. The van der Waals surface area contributed by atoms with Crippen molar-refractivity contribution in [2.45, 2.75) is 26.1 Å². The fourth-order valence-electron chi connectivity index (χ4n) is 3.68. The summed E-state index contributed by atoms with van der Waals surface area (Å²) in [5.41, 5.74) is 5.55. The summed E-state index contributed by atoms with van der Waals surface area (Å²) in [5, 5.41) is 26.4. The molecule has 30 heavy (non-hydrogen) atoms. The predicted octanol–water partition coefficient (Wildman–Crippen LogP) is 3.35. The van der Waals surface area contributed by atoms with Crippen LogP contribution in [0.2, 0.25) is 0 Å². The molecule has 0 saturated heterocycles. The predicted molar refractivity (Wildman–Crippen MR) is 114 cm³/mol. The quantitative estimate of drug-likeness (QED) is 0.408. The van der Waals surface area contributed by atoms with Crippen LogP contribution < -0.4 is 5.32 Å². The molecule has 0 bridgehead atoms. The van der Waals surface area contributed by atoms with Crippen molar-refractivity contribution in [3.8, 4) is 17.5 Å². The van der Waals surface area contributed by atoms with Gasteiger partial charge in [0.05, 0.1) is 29.4 Å². The van der Waals surface area contributed by atoms with E-state index in [9.17, 15) is 0 Å².